The van der Waals surface area contributed by atoms with Gasteiger partial charge in [-0.2, -0.15) is 4.31 Å². The molecule has 1 amide bonds. The van der Waals surface area contributed by atoms with Crippen molar-refractivity contribution in [2.75, 3.05) is 31.7 Å². The molecule has 13 heteroatoms. The van der Waals surface area contributed by atoms with Crippen LogP contribution in [0.15, 0.2) is 38.3 Å². The van der Waals surface area contributed by atoms with Crippen LogP contribution in [-0.4, -0.2) is 61.2 Å². The Morgan fingerprint density at radius 3 is 2.44 bits per heavy atom. The summed E-state index contributed by atoms with van der Waals surface area (Å²) in [5.41, 5.74) is 0.515. The maximum atomic E-state index is 13.0. The molecule has 0 saturated carbocycles. The first kappa shape index (κ1) is 25.9. The Kier molecular flexibility index (Phi) is 8.11. The van der Waals surface area contributed by atoms with Crippen molar-refractivity contribution in [2.24, 2.45) is 0 Å². The molecule has 3 heterocycles. The molecule has 1 N–H and O–H groups in total. The lowest BCUT2D eigenvalue weighted by molar-refractivity contribution is -0.119. The van der Waals surface area contributed by atoms with Gasteiger partial charge in [-0.3, -0.25) is 10.1 Å². The second kappa shape index (κ2) is 11.3. The number of carbonyl (C=O) groups is 1. The molecule has 0 aliphatic carbocycles. The van der Waals surface area contributed by atoms with Crippen LogP contribution in [0.25, 0.3) is 11.5 Å². The number of nitrogens with zero attached hydrogens (tertiary/aromatic N) is 3. The van der Waals surface area contributed by atoms with Gasteiger partial charge in [0.25, 0.3) is 10.0 Å². The molecule has 36 heavy (non-hydrogen) atoms. The van der Waals surface area contributed by atoms with E-state index in [0.717, 1.165) is 11.3 Å². The van der Waals surface area contributed by atoms with E-state index in [4.69, 9.17) is 18.6 Å². The molecule has 0 spiro atoms. The number of aromatic nitrogens is 2. The smallest absolute Gasteiger partial charge is 0.322 e. The van der Waals surface area contributed by atoms with Crippen molar-refractivity contribution >= 4 is 33.3 Å². The number of nitrogens with one attached hydrogen (secondary N) is 1. The van der Waals surface area contributed by atoms with Crippen LogP contribution in [0.4, 0.5) is 6.01 Å². The number of hydrogen-bond acceptors (Lipinski definition) is 10. The number of rotatable bonds is 11. The van der Waals surface area contributed by atoms with E-state index in [-0.39, 0.29) is 22.7 Å². The predicted molar refractivity (Wildman–Crippen MR) is 133 cm³/mol. The van der Waals surface area contributed by atoms with Gasteiger partial charge in [-0.25, -0.2) is 8.42 Å². The Balaban J connectivity index is 1.55. The number of anilines is 1. The van der Waals surface area contributed by atoms with Crippen molar-refractivity contribution in [1.82, 2.24) is 14.5 Å². The van der Waals surface area contributed by atoms with E-state index in [1.165, 1.54) is 10.4 Å². The Bertz CT molecular complexity index is 1260. The molecular weight excluding hydrogens is 508 g/mol. The molecule has 0 radical (unpaired) electrons. The van der Waals surface area contributed by atoms with Crippen molar-refractivity contribution in [1.29, 1.82) is 0 Å². The fourth-order valence-electron chi connectivity index (χ4n) is 3.91. The fourth-order valence-corrected chi connectivity index (χ4v) is 6.68. The number of benzene rings is 1. The number of amides is 1. The van der Waals surface area contributed by atoms with E-state index in [9.17, 15) is 13.2 Å². The molecular formula is C23H28N4O7S2. The van der Waals surface area contributed by atoms with Gasteiger partial charge >= 0.3 is 6.01 Å². The molecule has 1 saturated heterocycles. The van der Waals surface area contributed by atoms with Crippen molar-refractivity contribution in [2.45, 2.75) is 43.9 Å². The Morgan fingerprint density at radius 1 is 1.14 bits per heavy atom. The minimum atomic E-state index is -3.76. The second-order valence-electron chi connectivity index (χ2n) is 7.71. The van der Waals surface area contributed by atoms with Crippen LogP contribution >= 0.6 is 11.3 Å². The fraction of sp³-hybridized carbons (Fsp3) is 0.435. The van der Waals surface area contributed by atoms with Crippen LogP contribution in [0, 0.1) is 0 Å². The zero-order valence-electron chi connectivity index (χ0n) is 20.2. The number of ether oxygens (including phenoxy) is 3. The van der Waals surface area contributed by atoms with Gasteiger partial charge in [-0.1, -0.05) is 11.2 Å². The molecule has 1 fully saturated rings. The third-order valence-electron chi connectivity index (χ3n) is 5.38. The first-order chi connectivity index (χ1) is 17.4. The number of carbonyl (C=O) groups excluding carboxylic acids is 1. The lowest BCUT2D eigenvalue weighted by Crippen LogP contribution is -2.42. The number of hydrogen-bond donors (Lipinski definition) is 1. The summed E-state index contributed by atoms with van der Waals surface area (Å²) < 4.78 is 50.2. The van der Waals surface area contributed by atoms with Crippen molar-refractivity contribution in [3.8, 4) is 28.7 Å². The minimum Gasteiger partial charge on any atom is -0.490 e. The monoisotopic (exact) mass is 536 g/mol. The van der Waals surface area contributed by atoms with Gasteiger partial charge in [-0.15, -0.1) is 16.4 Å². The lowest BCUT2D eigenvalue weighted by atomic mass is 10.2. The largest absolute Gasteiger partial charge is 0.490 e. The molecule has 1 aliphatic heterocycles. The molecule has 1 unspecified atom stereocenters. The standard InChI is InChI=1S/C23H28N4O7S2/c1-4-31-17-13-15(14-18(32-5-2)20(17)33-6-3)22-25-26-23(34-22)24-21(28)16-9-7-11-27(16)36(29,30)19-10-8-12-35-19/h8,10,12-14,16H,4-7,9,11H2,1-3H3,(H,24,26,28). The highest BCUT2D eigenvalue weighted by Crippen LogP contribution is 2.42. The quantitative estimate of drug-likeness (QED) is 0.388. The minimum absolute atomic E-state index is 0.129. The van der Waals surface area contributed by atoms with E-state index < -0.39 is 22.0 Å². The van der Waals surface area contributed by atoms with Gasteiger partial charge in [0.15, 0.2) is 11.5 Å². The summed E-state index contributed by atoms with van der Waals surface area (Å²) in [6.07, 6.45) is 0.968. The number of thiophene rings is 1. The van der Waals surface area contributed by atoms with E-state index in [1.807, 2.05) is 20.8 Å². The molecule has 1 aliphatic rings. The van der Waals surface area contributed by atoms with Crippen LogP contribution in [0.5, 0.6) is 17.2 Å². The summed E-state index contributed by atoms with van der Waals surface area (Å²) >= 11 is 1.12. The second-order valence-corrected chi connectivity index (χ2v) is 10.8. The van der Waals surface area contributed by atoms with E-state index in [1.54, 1.807) is 23.6 Å². The SMILES string of the molecule is CCOc1cc(-c2nnc(NC(=O)C3CCCN3S(=O)(=O)c3cccs3)o2)cc(OCC)c1OCC. The molecule has 11 nitrogen and oxygen atoms in total. The van der Waals surface area contributed by atoms with Crippen molar-refractivity contribution < 1.29 is 31.8 Å². The average molecular weight is 537 g/mol. The molecule has 4 rings (SSSR count). The topological polar surface area (TPSA) is 133 Å². The molecule has 1 atom stereocenters. The lowest BCUT2D eigenvalue weighted by Gasteiger charge is -2.21. The highest BCUT2D eigenvalue weighted by Gasteiger charge is 2.40. The van der Waals surface area contributed by atoms with Crippen LogP contribution < -0.4 is 19.5 Å². The molecule has 1 aromatic carbocycles. The van der Waals surface area contributed by atoms with Gasteiger partial charge in [-0.05, 0) is 57.2 Å². The average Bonchev–Trinajstić information content (AvgIpc) is 3.63. The van der Waals surface area contributed by atoms with Crippen molar-refractivity contribution in [3.05, 3.63) is 29.6 Å². The van der Waals surface area contributed by atoms with Gasteiger partial charge in [0.1, 0.15) is 10.3 Å². The molecule has 194 valence electrons. The summed E-state index contributed by atoms with van der Waals surface area (Å²) in [6.45, 7) is 7.08. The Morgan fingerprint density at radius 2 is 1.83 bits per heavy atom. The summed E-state index contributed by atoms with van der Waals surface area (Å²) in [5, 5.41) is 12.2. The number of sulfonamides is 1. The zero-order valence-corrected chi connectivity index (χ0v) is 21.9. The molecule has 0 bridgehead atoms. The first-order valence-corrected chi connectivity index (χ1v) is 14.0. The Hall–Kier alpha value is -3.16. The van der Waals surface area contributed by atoms with Gasteiger partial charge in [0.2, 0.25) is 17.5 Å². The van der Waals surface area contributed by atoms with Crippen LogP contribution in [0.1, 0.15) is 33.6 Å². The first-order valence-electron chi connectivity index (χ1n) is 11.7. The van der Waals surface area contributed by atoms with Crippen LogP contribution in [0.2, 0.25) is 0 Å². The van der Waals surface area contributed by atoms with Crippen LogP contribution in [0.3, 0.4) is 0 Å². The Labute approximate surface area is 213 Å². The maximum absolute atomic E-state index is 13.0. The van der Waals surface area contributed by atoms with Gasteiger partial charge in [0.05, 0.1) is 19.8 Å². The summed E-state index contributed by atoms with van der Waals surface area (Å²) in [4.78, 5) is 13.0. The van der Waals surface area contributed by atoms with E-state index in [0.29, 0.717) is 55.5 Å². The summed E-state index contributed by atoms with van der Waals surface area (Å²) in [6, 6.07) is 5.58. The molecule has 2 aromatic heterocycles. The van der Waals surface area contributed by atoms with Crippen molar-refractivity contribution in [3.63, 3.8) is 0 Å². The predicted octanol–water partition coefficient (Wildman–Crippen LogP) is 3.79. The zero-order chi connectivity index (χ0) is 25.7. The van der Waals surface area contributed by atoms with Gasteiger partial charge in [0, 0.05) is 12.1 Å². The highest BCUT2D eigenvalue weighted by molar-refractivity contribution is 7.91. The molecule has 3 aromatic rings. The van der Waals surface area contributed by atoms with E-state index in [2.05, 4.69) is 15.5 Å². The third kappa shape index (κ3) is 5.32. The van der Waals surface area contributed by atoms with Gasteiger partial charge < -0.3 is 18.6 Å². The normalized spacial score (nSPS) is 16.1. The third-order valence-corrected chi connectivity index (χ3v) is 8.66. The summed E-state index contributed by atoms with van der Waals surface area (Å²) in [7, 11) is -3.76. The van der Waals surface area contributed by atoms with E-state index >= 15 is 0 Å². The summed E-state index contributed by atoms with van der Waals surface area (Å²) in [5.74, 6) is 1.00. The van der Waals surface area contributed by atoms with Crippen LogP contribution in [-0.2, 0) is 14.8 Å². The maximum Gasteiger partial charge on any atom is 0.322 e. The highest BCUT2D eigenvalue weighted by atomic mass is 32.2.